The molecule has 1 aromatic carbocycles. The van der Waals surface area contributed by atoms with Crippen LogP contribution in [0.4, 0.5) is 5.69 Å². The topological polar surface area (TPSA) is 23.6 Å². The van der Waals surface area contributed by atoms with Crippen LogP contribution in [0.1, 0.15) is 24.8 Å². The van der Waals surface area contributed by atoms with Gasteiger partial charge in [0.15, 0.2) is 0 Å². The van der Waals surface area contributed by atoms with E-state index in [1.54, 1.807) is 0 Å². The van der Waals surface area contributed by atoms with Crippen LogP contribution in [-0.2, 0) is 10.2 Å². The SMILES string of the molecule is CN(CC(=O)N1CC2(CC2)c2ccccc21)C1CCSC1. The number of hydrogen-bond donors (Lipinski definition) is 0. The number of nitrogens with zero attached hydrogens (tertiary/aromatic N) is 2. The third-order valence-corrected chi connectivity index (χ3v) is 6.44. The normalized spacial score (nSPS) is 25.6. The molecule has 1 aromatic rings. The van der Waals surface area contributed by atoms with E-state index in [2.05, 4.69) is 36.2 Å². The van der Waals surface area contributed by atoms with Gasteiger partial charge in [0.25, 0.3) is 0 Å². The molecule has 1 saturated carbocycles. The van der Waals surface area contributed by atoms with Crippen molar-refractivity contribution in [2.75, 3.05) is 36.5 Å². The van der Waals surface area contributed by atoms with E-state index < -0.39 is 0 Å². The van der Waals surface area contributed by atoms with Crippen LogP contribution in [-0.4, -0.2) is 48.5 Å². The Labute approximate surface area is 130 Å². The number of hydrogen-bond acceptors (Lipinski definition) is 3. The van der Waals surface area contributed by atoms with Crippen molar-refractivity contribution in [1.82, 2.24) is 4.90 Å². The van der Waals surface area contributed by atoms with Crippen LogP contribution in [0.2, 0.25) is 0 Å². The third kappa shape index (κ3) is 2.29. The number of para-hydroxylation sites is 1. The van der Waals surface area contributed by atoms with Crippen molar-refractivity contribution >= 4 is 23.4 Å². The Balaban J connectivity index is 1.50. The number of fused-ring (bicyclic) bond motifs is 2. The molecule has 112 valence electrons. The Kier molecular flexibility index (Phi) is 3.27. The minimum absolute atomic E-state index is 0.269. The second-order valence-corrected chi connectivity index (χ2v) is 7.86. The highest BCUT2D eigenvalue weighted by Gasteiger charge is 2.52. The van der Waals surface area contributed by atoms with Crippen LogP contribution < -0.4 is 4.90 Å². The summed E-state index contributed by atoms with van der Waals surface area (Å²) in [7, 11) is 2.10. The molecule has 0 aromatic heterocycles. The number of benzene rings is 1. The zero-order chi connectivity index (χ0) is 14.4. The van der Waals surface area contributed by atoms with Crippen molar-refractivity contribution in [2.45, 2.75) is 30.7 Å². The van der Waals surface area contributed by atoms with E-state index in [0.717, 1.165) is 12.2 Å². The summed E-state index contributed by atoms with van der Waals surface area (Å²) in [6.45, 7) is 1.45. The summed E-state index contributed by atoms with van der Waals surface area (Å²) in [6.07, 6.45) is 3.70. The van der Waals surface area contributed by atoms with Crippen molar-refractivity contribution < 1.29 is 4.79 Å². The molecule has 3 nitrogen and oxygen atoms in total. The Morgan fingerprint density at radius 3 is 2.95 bits per heavy atom. The quantitative estimate of drug-likeness (QED) is 0.857. The fourth-order valence-electron chi connectivity index (χ4n) is 3.73. The van der Waals surface area contributed by atoms with Gasteiger partial charge in [-0.2, -0.15) is 11.8 Å². The van der Waals surface area contributed by atoms with E-state index >= 15 is 0 Å². The maximum atomic E-state index is 12.8. The van der Waals surface area contributed by atoms with E-state index in [-0.39, 0.29) is 5.91 Å². The van der Waals surface area contributed by atoms with Gasteiger partial charge in [0, 0.05) is 29.4 Å². The summed E-state index contributed by atoms with van der Waals surface area (Å²) < 4.78 is 0. The maximum absolute atomic E-state index is 12.8. The second-order valence-electron chi connectivity index (χ2n) is 6.71. The van der Waals surface area contributed by atoms with Crippen LogP contribution in [0, 0.1) is 0 Å². The monoisotopic (exact) mass is 302 g/mol. The lowest BCUT2D eigenvalue weighted by Crippen LogP contribution is -2.43. The van der Waals surface area contributed by atoms with Gasteiger partial charge in [-0.15, -0.1) is 0 Å². The number of likely N-dealkylation sites (N-methyl/N-ethyl adjacent to an activating group) is 1. The summed E-state index contributed by atoms with van der Waals surface area (Å²) in [5, 5.41) is 0. The lowest BCUT2D eigenvalue weighted by Gasteiger charge is -2.26. The number of carbonyl (C=O) groups excluding carboxylic acids is 1. The molecule has 4 heteroatoms. The molecule has 0 radical (unpaired) electrons. The molecule has 2 fully saturated rings. The lowest BCUT2D eigenvalue weighted by atomic mass is 9.99. The first-order valence-electron chi connectivity index (χ1n) is 7.87. The van der Waals surface area contributed by atoms with Crippen molar-refractivity contribution in [3.8, 4) is 0 Å². The molecular weight excluding hydrogens is 280 g/mol. The lowest BCUT2D eigenvalue weighted by molar-refractivity contribution is -0.119. The van der Waals surface area contributed by atoms with Gasteiger partial charge in [-0.1, -0.05) is 18.2 Å². The molecule has 0 N–H and O–H groups in total. The molecule has 1 aliphatic carbocycles. The fourth-order valence-corrected chi connectivity index (χ4v) is 5.03. The van der Waals surface area contributed by atoms with Gasteiger partial charge >= 0.3 is 0 Å². The summed E-state index contributed by atoms with van der Waals surface area (Å²) in [5.74, 6) is 2.68. The van der Waals surface area contributed by atoms with Gasteiger partial charge in [-0.05, 0) is 43.7 Å². The second kappa shape index (κ2) is 5.03. The number of anilines is 1. The highest BCUT2D eigenvalue weighted by molar-refractivity contribution is 7.99. The highest BCUT2D eigenvalue weighted by Crippen LogP contribution is 2.56. The van der Waals surface area contributed by atoms with E-state index in [9.17, 15) is 4.79 Å². The van der Waals surface area contributed by atoms with Gasteiger partial charge in [0.2, 0.25) is 5.91 Å². The predicted molar refractivity (Wildman–Crippen MR) is 88.1 cm³/mol. The largest absolute Gasteiger partial charge is 0.310 e. The molecule has 2 aliphatic heterocycles. The molecule has 21 heavy (non-hydrogen) atoms. The van der Waals surface area contributed by atoms with Crippen molar-refractivity contribution in [1.29, 1.82) is 0 Å². The standard InChI is InChI=1S/C17H22N2OS/c1-18(13-6-9-21-11-13)10-16(20)19-12-17(7-8-17)14-4-2-3-5-15(14)19/h2-5,13H,6-12H2,1H3. The van der Waals surface area contributed by atoms with Gasteiger partial charge in [-0.3, -0.25) is 9.69 Å². The van der Waals surface area contributed by atoms with E-state index in [4.69, 9.17) is 0 Å². The van der Waals surface area contributed by atoms with Crippen molar-refractivity contribution in [3.05, 3.63) is 29.8 Å². The minimum Gasteiger partial charge on any atom is -0.310 e. The Morgan fingerprint density at radius 2 is 2.24 bits per heavy atom. The maximum Gasteiger partial charge on any atom is 0.241 e. The molecule has 1 amide bonds. The van der Waals surface area contributed by atoms with Gasteiger partial charge in [-0.25, -0.2) is 0 Å². The Hall–Kier alpha value is -1.00. The summed E-state index contributed by atoms with van der Waals surface area (Å²) in [4.78, 5) is 17.1. The molecule has 1 unspecified atom stereocenters. The predicted octanol–water partition coefficient (Wildman–Crippen LogP) is 2.50. The minimum atomic E-state index is 0.269. The molecule has 1 saturated heterocycles. The van der Waals surface area contributed by atoms with Crippen LogP contribution >= 0.6 is 11.8 Å². The number of rotatable bonds is 3. The average Bonchev–Trinajstić information content (AvgIpc) is 2.95. The summed E-state index contributed by atoms with van der Waals surface area (Å²) in [5.41, 5.74) is 2.86. The third-order valence-electron chi connectivity index (χ3n) is 5.30. The number of thioether (sulfide) groups is 1. The fraction of sp³-hybridized carbons (Fsp3) is 0.588. The molecular formula is C17H22N2OS. The average molecular weight is 302 g/mol. The van der Waals surface area contributed by atoms with E-state index in [1.165, 1.54) is 36.3 Å². The van der Waals surface area contributed by atoms with Gasteiger partial charge in [0.05, 0.1) is 6.54 Å². The molecule has 4 rings (SSSR count). The molecule has 0 bridgehead atoms. The van der Waals surface area contributed by atoms with Gasteiger partial charge < -0.3 is 4.90 Å². The zero-order valence-corrected chi connectivity index (χ0v) is 13.4. The summed E-state index contributed by atoms with van der Waals surface area (Å²) >= 11 is 2.00. The molecule has 3 aliphatic rings. The van der Waals surface area contributed by atoms with Gasteiger partial charge in [0.1, 0.15) is 0 Å². The first-order chi connectivity index (χ1) is 10.2. The Bertz CT molecular complexity index is 564. The first kappa shape index (κ1) is 13.6. The number of amides is 1. The van der Waals surface area contributed by atoms with Crippen LogP contribution in [0.25, 0.3) is 0 Å². The van der Waals surface area contributed by atoms with E-state index in [0.29, 0.717) is 18.0 Å². The summed E-state index contributed by atoms with van der Waals surface area (Å²) in [6, 6.07) is 9.07. The number of carbonyl (C=O) groups is 1. The first-order valence-corrected chi connectivity index (χ1v) is 9.03. The van der Waals surface area contributed by atoms with Crippen molar-refractivity contribution in [3.63, 3.8) is 0 Å². The Morgan fingerprint density at radius 1 is 1.43 bits per heavy atom. The van der Waals surface area contributed by atoms with Crippen LogP contribution in [0.5, 0.6) is 0 Å². The highest BCUT2D eigenvalue weighted by atomic mass is 32.2. The van der Waals surface area contributed by atoms with Crippen LogP contribution in [0.3, 0.4) is 0 Å². The van der Waals surface area contributed by atoms with Crippen molar-refractivity contribution in [2.24, 2.45) is 0 Å². The smallest absolute Gasteiger partial charge is 0.241 e. The van der Waals surface area contributed by atoms with Crippen LogP contribution in [0.15, 0.2) is 24.3 Å². The zero-order valence-electron chi connectivity index (χ0n) is 12.5. The molecule has 2 heterocycles. The molecule has 1 atom stereocenters. The van der Waals surface area contributed by atoms with E-state index in [1.807, 2.05) is 16.7 Å². The molecule has 1 spiro atoms.